The minimum atomic E-state index is -3.91. The van der Waals surface area contributed by atoms with Gasteiger partial charge in [-0.3, -0.25) is 14.5 Å². The van der Waals surface area contributed by atoms with Crippen LogP contribution in [0.1, 0.15) is 36.7 Å². The van der Waals surface area contributed by atoms with Crippen molar-refractivity contribution in [2.75, 3.05) is 11.3 Å². The van der Waals surface area contributed by atoms with E-state index in [9.17, 15) is 13.2 Å². The summed E-state index contributed by atoms with van der Waals surface area (Å²) in [6.07, 6.45) is 3.05. The number of hydrogen-bond acceptors (Lipinski definition) is 4. The van der Waals surface area contributed by atoms with Gasteiger partial charge in [0, 0.05) is 12.7 Å². The van der Waals surface area contributed by atoms with Crippen LogP contribution in [0.5, 0.6) is 0 Å². The number of rotatable bonds is 5. The Morgan fingerprint density at radius 2 is 1.84 bits per heavy atom. The molecule has 7 heteroatoms. The van der Waals surface area contributed by atoms with Gasteiger partial charge in [-0.2, -0.15) is 0 Å². The number of sulfonamides is 1. The van der Waals surface area contributed by atoms with Crippen LogP contribution in [0.15, 0.2) is 47.6 Å². The topological polar surface area (TPSA) is 88.2 Å². The zero-order valence-corrected chi connectivity index (χ0v) is 15.6. The number of nitrogens with zero attached hydrogens (tertiary/aromatic N) is 1. The molecular formula is C18H23N3O3S. The van der Waals surface area contributed by atoms with Crippen LogP contribution in [0, 0.1) is 12.3 Å². The van der Waals surface area contributed by atoms with E-state index in [1.165, 1.54) is 18.3 Å². The first kappa shape index (κ1) is 18.9. The van der Waals surface area contributed by atoms with Gasteiger partial charge in [0.2, 0.25) is 0 Å². The minimum Gasteiger partial charge on any atom is -0.351 e. The Hall–Kier alpha value is -2.41. The van der Waals surface area contributed by atoms with Gasteiger partial charge in [0.1, 0.15) is 4.90 Å². The van der Waals surface area contributed by atoms with E-state index in [0.717, 1.165) is 5.56 Å². The normalized spacial score (nSPS) is 11.8. The summed E-state index contributed by atoms with van der Waals surface area (Å²) in [6, 6.07) is 7.81. The summed E-state index contributed by atoms with van der Waals surface area (Å²) in [7, 11) is -3.91. The number of benzene rings is 1. The molecule has 0 atom stereocenters. The van der Waals surface area contributed by atoms with Crippen LogP contribution < -0.4 is 10.0 Å². The molecule has 134 valence electrons. The van der Waals surface area contributed by atoms with Crippen LogP contribution in [-0.4, -0.2) is 25.9 Å². The average molecular weight is 361 g/mol. The Morgan fingerprint density at radius 3 is 2.48 bits per heavy atom. The molecule has 2 aromatic rings. The molecule has 1 aromatic carbocycles. The number of carbonyl (C=O) groups is 1. The number of carbonyl (C=O) groups excluding carboxylic acids is 1. The first-order chi connectivity index (χ1) is 11.6. The third-order valence-electron chi connectivity index (χ3n) is 3.33. The smallest absolute Gasteiger partial charge is 0.262 e. The highest BCUT2D eigenvalue weighted by Gasteiger charge is 2.23. The van der Waals surface area contributed by atoms with E-state index in [1.54, 1.807) is 24.4 Å². The van der Waals surface area contributed by atoms with E-state index < -0.39 is 15.9 Å². The van der Waals surface area contributed by atoms with E-state index in [4.69, 9.17) is 0 Å². The summed E-state index contributed by atoms with van der Waals surface area (Å²) in [6.45, 7) is 8.22. The third-order valence-corrected chi connectivity index (χ3v) is 4.77. The fourth-order valence-electron chi connectivity index (χ4n) is 2.15. The highest BCUT2D eigenvalue weighted by atomic mass is 32.2. The van der Waals surface area contributed by atoms with Gasteiger partial charge < -0.3 is 5.32 Å². The van der Waals surface area contributed by atoms with Crippen molar-refractivity contribution in [1.29, 1.82) is 0 Å². The molecule has 0 unspecified atom stereocenters. The van der Waals surface area contributed by atoms with E-state index in [2.05, 4.69) is 15.0 Å². The Kier molecular flexibility index (Phi) is 5.47. The molecule has 2 N–H and O–H groups in total. The van der Waals surface area contributed by atoms with Crippen LogP contribution in [0.3, 0.4) is 0 Å². The van der Waals surface area contributed by atoms with Crippen LogP contribution >= 0.6 is 0 Å². The van der Waals surface area contributed by atoms with Crippen molar-refractivity contribution < 1.29 is 13.2 Å². The molecule has 0 fully saturated rings. The third kappa shape index (κ3) is 5.29. The summed E-state index contributed by atoms with van der Waals surface area (Å²) in [4.78, 5) is 16.4. The molecule has 0 spiro atoms. The Bertz CT molecular complexity index is 871. The van der Waals surface area contributed by atoms with E-state index >= 15 is 0 Å². The molecule has 1 aromatic heterocycles. The second-order valence-corrected chi connectivity index (χ2v) is 8.75. The zero-order valence-electron chi connectivity index (χ0n) is 14.8. The second kappa shape index (κ2) is 7.23. The number of nitrogens with one attached hydrogen (secondary N) is 2. The largest absolute Gasteiger partial charge is 0.351 e. The summed E-state index contributed by atoms with van der Waals surface area (Å²) >= 11 is 0. The summed E-state index contributed by atoms with van der Waals surface area (Å²) in [5, 5.41) is 2.78. The van der Waals surface area contributed by atoms with E-state index in [-0.39, 0.29) is 15.9 Å². The summed E-state index contributed by atoms with van der Waals surface area (Å²) in [5.74, 6) is -0.418. The minimum absolute atomic E-state index is 0.0667. The lowest BCUT2D eigenvalue weighted by Gasteiger charge is -2.19. The molecule has 0 aliphatic rings. The highest BCUT2D eigenvalue weighted by Crippen LogP contribution is 2.20. The molecule has 2 rings (SSSR count). The maximum Gasteiger partial charge on any atom is 0.262 e. The molecule has 0 saturated carbocycles. The van der Waals surface area contributed by atoms with Gasteiger partial charge in [-0.15, -0.1) is 0 Å². The van der Waals surface area contributed by atoms with Crippen molar-refractivity contribution in [2.45, 2.75) is 32.6 Å². The molecule has 0 aliphatic carbocycles. The lowest BCUT2D eigenvalue weighted by Crippen LogP contribution is -2.33. The van der Waals surface area contributed by atoms with Gasteiger partial charge >= 0.3 is 0 Å². The first-order valence-corrected chi connectivity index (χ1v) is 9.38. The molecule has 1 amide bonds. The van der Waals surface area contributed by atoms with Crippen molar-refractivity contribution in [3.05, 3.63) is 53.9 Å². The van der Waals surface area contributed by atoms with Gasteiger partial charge in [-0.05, 0) is 36.1 Å². The van der Waals surface area contributed by atoms with Gasteiger partial charge in [0.05, 0.1) is 17.4 Å². The maximum absolute atomic E-state index is 12.7. The van der Waals surface area contributed by atoms with Gasteiger partial charge in [-0.1, -0.05) is 32.9 Å². The fourth-order valence-corrected chi connectivity index (χ4v) is 3.39. The molecule has 0 radical (unpaired) electrons. The van der Waals surface area contributed by atoms with Crippen molar-refractivity contribution in [3.8, 4) is 0 Å². The second-order valence-electron chi connectivity index (χ2n) is 7.10. The summed E-state index contributed by atoms with van der Waals surface area (Å²) < 4.78 is 27.9. The van der Waals surface area contributed by atoms with E-state index in [0.29, 0.717) is 12.2 Å². The van der Waals surface area contributed by atoms with Crippen LogP contribution in [-0.2, 0) is 10.0 Å². The number of aromatic nitrogens is 1. The predicted octanol–water partition coefficient (Wildman–Crippen LogP) is 2.97. The van der Waals surface area contributed by atoms with Crippen molar-refractivity contribution in [1.82, 2.24) is 10.3 Å². The molecule has 0 bridgehead atoms. The molecule has 6 nitrogen and oxygen atoms in total. The summed E-state index contributed by atoms with van der Waals surface area (Å²) in [5.41, 5.74) is 1.19. The van der Waals surface area contributed by atoms with Crippen molar-refractivity contribution in [2.24, 2.45) is 5.41 Å². The number of amides is 1. The first-order valence-electron chi connectivity index (χ1n) is 7.90. The van der Waals surface area contributed by atoms with Gasteiger partial charge in [0.25, 0.3) is 15.9 Å². The average Bonchev–Trinajstić information content (AvgIpc) is 2.51. The zero-order chi connectivity index (χ0) is 18.7. The SMILES string of the molecule is Cc1cncc(NS(=O)(=O)c2ccccc2C(=O)NCC(C)(C)C)c1. The van der Waals surface area contributed by atoms with Crippen molar-refractivity contribution in [3.63, 3.8) is 0 Å². The number of anilines is 1. The molecule has 0 aliphatic heterocycles. The highest BCUT2D eigenvalue weighted by molar-refractivity contribution is 7.92. The van der Waals surface area contributed by atoms with Gasteiger partial charge in [0.15, 0.2) is 0 Å². The molecule has 25 heavy (non-hydrogen) atoms. The van der Waals surface area contributed by atoms with Gasteiger partial charge in [-0.25, -0.2) is 8.42 Å². The number of hydrogen-bond donors (Lipinski definition) is 2. The lowest BCUT2D eigenvalue weighted by atomic mass is 9.97. The number of pyridine rings is 1. The van der Waals surface area contributed by atoms with Crippen LogP contribution in [0.2, 0.25) is 0 Å². The monoisotopic (exact) mass is 361 g/mol. The van der Waals surface area contributed by atoms with Crippen LogP contribution in [0.25, 0.3) is 0 Å². The van der Waals surface area contributed by atoms with Crippen LogP contribution in [0.4, 0.5) is 5.69 Å². The quantitative estimate of drug-likeness (QED) is 0.857. The fraction of sp³-hybridized carbons (Fsp3) is 0.333. The predicted molar refractivity (Wildman–Crippen MR) is 98.0 cm³/mol. The molecule has 1 heterocycles. The lowest BCUT2D eigenvalue weighted by molar-refractivity contribution is 0.0936. The molecular weight excluding hydrogens is 338 g/mol. The number of aryl methyl sites for hydroxylation is 1. The Morgan fingerprint density at radius 1 is 1.16 bits per heavy atom. The van der Waals surface area contributed by atoms with E-state index in [1.807, 2.05) is 27.7 Å². The Labute approximate surface area is 148 Å². The maximum atomic E-state index is 12.7. The van der Waals surface area contributed by atoms with Crippen molar-refractivity contribution >= 4 is 21.6 Å². The molecule has 0 saturated heterocycles. The standard InChI is InChI=1S/C18H23N3O3S/c1-13-9-14(11-19-10-13)21-25(23,24)16-8-6-5-7-15(16)17(22)20-12-18(2,3)4/h5-11,21H,12H2,1-4H3,(H,20,22). The Balaban J connectivity index is 2.31.